The predicted octanol–water partition coefficient (Wildman–Crippen LogP) is 4.23. The van der Waals surface area contributed by atoms with Gasteiger partial charge in [-0.1, -0.05) is 54.1 Å². The Morgan fingerprint density at radius 3 is 2.70 bits per heavy atom. The molecule has 30 heavy (non-hydrogen) atoms. The second-order valence-electron chi connectivity index (χ2n) is 6.59. The SMILES string of the molecule is N#Cc1ccc(Cl)cc1NC(=O)Cn1nc(-c2cccc3ccccc23)ccc1=O. The van der Waals surface area contributed by atoms with Crippen molar-refractivity contribution >= 4 is 34.0 Å². The van der Waals surface area contributed by atoms with Crippen LogP contribution in [-0.2, 0) is 11.3 Å². The van der Waals surface area contributed by atoms with Gasteiger partial charge in [-0.25, -0.2) is 4.68 Å². The normalized spacial score (nSPS) is 10.5. The van der Waals surface area contributed by atoms with Gasteiger partial charge in [0, 0.05) is 16.7 Å². The van der Waals surface area contributed by atoms with E-state index in [4.69, 9.17) is 11.6 Å². The number of rotatable bonds is 4. The lowest BCUT2D eigenvalue weighted by molar-refractivity contribution is -0.117. The smallest absolute Gasteiger partial charge is 0.267 e. The second kappa shape index (κ2) is 8.19. The van der Waals surface area contributed by atoms with Crippen LogP contribution in [0.2, 0.25) is 5.02 Å². The molecule has 0 unspecified atom stereocenters. The third kappa shape index (κ3) is 3.93. The number of fused-ring (bicyclic) bond motifs is 1. The Balaban J connectivity index is 1.65. The Morgan fingerprint density at radius 2 is 1.87 bits per heavy atom. The molecule has 0 aliphatic heterocycles. The predicted molar refractivity (Wildman–Crippen MR) is 116 cm³/mol. The molecule has 7 heteroatoms. The van der Waals surface area contributed by atoms with Crippen LogP contribution in [0.25, 0.3) is 22.0 Å². The van der Waals surface area contributed by atoms with Crippen LogP contribution >= 0.6 is 11.6 Å². The molecule has 146 valence electrons. The zero-order valence-corrected chi connectivity index (χ0v) is 16.4. The average molecular weight is 415 g/mol. The van der Waals surface area contributed by atoms with Crippen molar-refractivity contribution in [3.63, 3.8) is 0 Å². The van der Waals surface area contributed by atoms with E-state index in [9.17, 15) is 14.9 Å². The fourth-order valence-electron chi connectivity index (χ4n) is 3.20. The number of aromatic nitrogens is 2. The Morgan fingerprint density at radius 1 is 1.07 bits per heavy atom. The molecule has 6 nitrogen and oxygen atoms in total. The Hall–Kier alpha value is -3.95. The van der Waals surface area contributed by atoms with Gasteiger partial charge >= 0.3 is 0 Å². The number of nitriles is 1. The van der Waals surface area contributed by atoms with Crippen molar-refractivity contribution in [2.45, 2.75) is 6.54 Å². The van der Waals surface area contributed by atoms with E-state index >= 15 is 0 Å². The summed E-state index contributed by atoms with van der Waals surface area (Å²) >= 11 is 5.95. The Kier molecular flexibility index (Phi) is 5.29. The lowest BCUT2D eigenvalue weighted by atomic mass is 10.0. The molecule has 4 rings (SSSR count). The molecule has 0 saturated heterocycles. The number of hydrogen-bond acceptors (Lipinski definition) is 4. The third-order valence-electron chi connectivity index (χ3n) is 4.60. The zero-order valence-electron chi connectivity index (χ0n) is 15.7. The summed E-state index contributed by atoms with van der Waals surface area (Å²) < 4.78 is 1.10. The van der Waals surface area contributed by atoms with Crippen LogP contribution in [0.4, 0.5) is 5.69 Å². The summed E-state index contributed by atoms with van der Waals surface area (Å²) in [6.07, 6.45) is 0. The highest BCUT2D eigenvalue weighted by Crippen LogP contribution is 2.26. The minimum absolute atomic E-state index is 0.276. The van der Waals surface area contributed by atoms with E-state index in [0.717, 1.165) is 21.0 Å². The van der Waals surface area contributed by atoms with E-state index in [0.29, 0.717) is 10.7 Å². The lowest BCUT2D eigenvalue weighted by Crippen LogP contribution is -2.29. The summed E-state index contributed by atoms with van der Waals surface area (Å²) in [5.41, 5.74) is 1.61. The number of hydrogen-bond donors (Lipinski definition) is 1. The number of halogens is 1. The molecule has 0 fully saturated rings. The summed E-state index contributed by atoms with van der Waals surface area (Å²) in [5, 5.41) is 18.6. The molecule has 0 aliphatic carbocycles. The van der Waals surface area contributed by atoms with E-state index < -0.39 is 11.5 Å². The Labute approximate surface area is 177 Å². The first-order chi connectivity index (χ1) is 14.5. The minimum Gasteiger partial charge on any atom is -0.323 e. The second-order valence-corrected chi connectivity index (χ2v) is 7.03. The number of carbonyl (C=O) groups excluding carboxylic acids is 1. The average Bonchev–Trinajstić information content (AvgIpc) is 2.75. The topological polar surface area (TPSA) is 87.8 Å². The quantitative estimate of drug-likeness (QED) is 0.541. The highest BCUT2D eigenvalue weighted by atomic mass is 35.5. The molecule has 4 aromatic rings. The molecule has 0 bridgehead atoms. The van der Waals surface area contributed by atoms with Gasteiger partial charge in [0.15, 0.2) is 0 Å². The van der Waals surface area contributed by atoms with Crippen LogP contribution < -0.4 is 10.9 Å². The van der Waals surface area contributed by atoms with Crippen molar-refractivity contribution in [1.82, 2.24) is 9.78 Å². The maximum Gasteiger partial charge on any atom is 0.267 e. The van der Waals surface area contributed by atoms with Gasteiger partial charge in [-0.05, 0) is 35.0 Å². The minimum atomic E-state index is -0.488. The van der Waals surface area contributed by atoms with Gasteiger partial charge in [0.2, 0.25) is 5.91 Å². The molecule has 0 aliphatic rings. The van der Waals surface area contributed by atoms with Crippen molar-refractivity contribution in [3.8, 4) is 17.3 Å². The highest BCUT2D eigenvalue weighted by molar-refractivity contribution is 6.31. The van der Waals surface area contributed by atoms with E-state index in [-0.39, 0.29) is 17.8 Å². The van der Waals surface area contributed by atoms with Gasteiger partial charge in [-0.15, -0.1) is 0 Å². The van der Waals surface area contributed by atoms with Crippen LogP contribution in [0.3, 0.4) is 0 Å². The molecule has 0 radical (unpaired) electrons. The van der Waals surface area contributed by atoms with Crippen molar-refractivity contribution in [2.75, 3.05) is 5.32 Å². The Bertz CT molecular complexity index is 1370. The van der Waals surface area contributed by atoms with Gasteiger partial charge in [0.1, 0.15) is 12.6 Å². The van der Waals surface area contributed by atoms with Crippen LogP contribution in [0, 0.1) is 11.3 Å². The molecule has 1 aromatic heterocycles. The summed E-state index contributed by atoms with van der Waals surface area (Å²) in [6.45, 7) is -0.297. The molecule has 1 N–H and O–H groups in total. The van der Waals surface area contributed by atoms with E-state index in [1.807, 2.05) is 48.5 Å². The van der Waals surface area contributed by atoms with Crippen molar-refractivity contribution in [3.05, 3.63) is 93.7 Å². The molecule has 0 atom stereocenters. The first kappa shape index (κ1) is 19.4. The maximum atomic E-state index is 12.5. The highest BCUT2D eigenvalue weighted by Gasteiger charge is 2.12. The molecule has 3 aromatic carbocycles. The number of anilines is 1. The lowest BCUT2D eigenvalue weighted by Gasteiger charge is -2.11. The summed E-state index contributed by atoms with van der Waals surface area (Å²) in [5.74, 6) is -0.488. The first-order valence-corrected chi connectivity index (χ1v) is 9.49. The molecular weight excluding hydrogens is 400 g/mol. The van der Waals surface area contributed by atoms with Crippen LogP contribution in [0.1, 0.15) is 5.56 Å². The number of benzene rings is 3. The fraction of sp³-hybridized carbons (Fsp3) is 0.0435. The van der Waals surface area contributed by atoms with Crippen molar-refractivity contribution in [1.29, 1.82) is 5.26 Å². The maximum absolute atomic E-state index is 12.5. The van der Waals surface area contributed by atoms with Gasteiger partial charge in [-0.2, -0.15) is 10.4 Å². The van der Waals surface area contributed by atoms with Gasteiger partial charge < -0.3 is 5.32 Å². The standard InChI is InChI=1S/C23H15ClN4O2/c24-17-9-8-16(13-25)21(12-17)26-22(29)14-28-23(30)11-10-20(27-28)19-7-3-5-15-4-1-2-6-18(15)19/h1-12H,14H2,(H,26,29). The number of nitrogens with zero attached hydrogens (tertiary/aromatic N) is 3. The monoisotopic (exact) mass is 414 g/mol. The van der Waals surface area contributed by atoms with Crippen LogP contribution in [-0.4, -0.2) is 15.7 Å². The summed E-state index contributed by atoms with van der Waals surface area (Å²) in [4.78, 5) is 24.8. The summed E-state index contributed by atoms with van der Waals surface area (Å²) in [7, 11) is 0. The molecule has 1 amide bonds. The van der Waals surface area contributed by atoms with E-state index in [1.54, 1.807) is 12.1 Å². The third-order valence-corrected chi connectivity index (χ3v) is 4.84. The van der Waals surface area contributed by atoms with E-state index in [1.165, 1.54) is 18.2 Å². The molecule has 0 saturated carbocycles. The van der Waals surface area contributed by atoms with Gasteiger partial charge in [0.05, 0.1) is 16.9 Å². The van der Waals surface area contributed by atoms with Gasteiger partial charge in [0.25, 0.3) is 5.56 Å². The number of amides is 1. The fourth-order valence-corrected chi connectivity index (χ4v) is 3.37. The summed E-state index contributed by atoms with van der Waals surface area (Å²) in [6, 6.07) is 23.3. The largest absolute Gasteiger partial charge is 0.323 e. The number of carbonyl (C=O) groups is 1. The van der Waals surface area contributed by atoms with Crippen molar-refractivity contribution in [2.24, 2.45) is 0 Å². The van der Waals surface area contributed by atoms with E-state index in [2.05, 4.69) is 10.4 Å². The van der Waals surface area contributed by atoms with Crippen LogP contribution in [0.15, 0.2) is 77.6 Å². The number of nitrogens with one attached hydrogen (secondary N) is 1. The zero-order chi connectivity index (χ0) is 21.1. The molecular formula is C23H15ClN4O2. The van der Waals surface area contributed by atoms with Crippen molar-refractivity contribution < 1.29 is 4.79 Å². The molecule has 0 spiro atoms. The first-order valence-electron chi connectivity index (χ1n) is 9.11. The van der Waals surface area contributed by atoms with Crippen LogP contribution in [0.5, 0.6) is 0 Å². The van der Waals surface area contributed by atoms with Gasteiger partial charge in [-0.3, -0.25) is 9.59 Å². The molecule has 1 heterocycles.